The SMILES string of the molecule is O=C(NCCO)C1=C[C@@H](N(Cc2ccc(Cl)c(Cl)c2)C(=O)C2CC2)[C@H](O)[C@H]2Oc3ccccc3[C@@H]12. The van der Waals surface area contributed by atoms with Crippen LogP contribution in [0.4, 0.5) is 0 Å². The Labute approximate surface area is 213 Å². The van der Waals surface area contributed by atoms with Gasteiger partial charge in [0.15, 0.2) is 0 Å². The van der Waals surface area contributed by atoms with Crippen molar-refractivity contribution < 1.29 is 24.5 Å². The predicted molar refractivity (Wildman–Crippen MR) is 131 cm³/mol. The first kappa shape index (κ1) is 24.1. The van der Waals surface area contributed by atoms with E-state index in [1.54, 1.807) is 35.2 Å². The maximum absolute atomic E-state index is 13.4. The molecule has 184 valence electrons. The molecule has 9 heteroatoms. The number of carbonyl (C=O) groups is 2. The number of aliphatic hydroxyl groups excluding tert-OH is 2. The highest BCUT2D eigenvalue weighted by atomic mass is 35.5. The van der Waals surface area contributed by atoms with Crippen LogP contribution in [-0.2, 0) is 16.1 Å². The predicted octanol–water partition coefficient (Wildman–Crippen LogP) is 3.05. The summed E-state index contributed by atoms with van der Waals surface area (Å²) in [5.41, 5.74) is 1.98. The Kier molecular flexibility index (Phi) is 6.77. The van der Waals surface area contributed by atoms with Crippen molar-refractivity contribution in [2.45, 2.75) is 43.6 Å². The first-order valence-corrected chi connectivity index (χ1v) is 12.4. The first-order chi connectivity index (χ1) is 16.9. The maximum atomic E-state index is 13.4. The Morgan fingerprint density at radius 3 is 2.60 bits per heavy atom. The quantitative estimate of drug-likeness (QED) is 0.525. The summed E-state index contributed by atoms with van der Waals surface area (Å²) in [6, 6.07) is 11.8. The third-order valence-electron chi connectivity index (χ3n) is 6.78. The van der Waals surface area contributed by atoms with E-state index in [-0.39, 0.29) is 37.4 Å². The lowest BCUT2D eigenvalue weighted by Gasteiger charge is -2.41. The van der Waals surface area contributed by atoms with Gasteiger partial charge in [0, 0.05) is 30.1 Å². The van der Waals surface area contributed by atoms with E-state index in [0.29, 0.717) is 21.4 Å². The van der Waals surface area contributed by atoms with Crippen LogP contribution in [0.1, 0.15) is 29.9 Å². The summed E-state index contributed by atoms with van der Waals surface area (Å²) in [4.78, 5) is 28.2. The Morgan fingerprint density at radius 2 is 1.89 bits per heavy atom. The van der Waals surface area contributed by atoms with Gasteiger partial charge in [-0.1, -0.05) is 47.5 Å². The van der Waals surface area contributed by atoms with E-state index >= 15 is 0 Å². The topological polar surface area (TPSA) is 99.1 Å². The Morgan fingerprint density at radius 1 is 1.11 bits per heavy atom. The molecule has 0 unspecified atom stereocenters. The molecular weight excluding hydrogens is 491 g/mol. The highest BCUT2D eigenvalue weighted by molar-refractivity contribution is 6.42. The lowest BCUT2D eigenvalue weighted by atomic mass is 9.77. The summed E-state index contributed by atoms with van der Waals surface area (Å²) < 4.78 is 6.13. The number of aliphatic hydroxyl groups is 2. The van der Waals surface area contributed by atoms with Gasteiger partial charge < -0.3 is 25.2 Å². The molecule has 0 radical (unpaired) electrons. The Hall–Kier alpha value is -2.58. The van der Waals surface area contributed by atoms with Crippen LogP contribution in [0.3, 0.4) is 0 Å². The molecule has 2 amide bonds. The molecule has 3 N–H and O–H groups in total. The fraction of sp³-hybridized carbons (Fsp3) is 0.385. The Balaban J connectivity index is 1.55. The molecule has 35 heavy (non-hydrogen) atoms. The molecule has 4 atom stereocenters. The van der Waals surface area contributed by atoms with Crippen molar-refractivity contribution in [1.29, 1.82) is 0 Å². The van der Waals surface area contributed by atoms with Gasteiger partial charge in [-0.25, -0.2) is 0 Å². The van der Waals surface area contributed by atoms with Crippen LogP contribution in [0.2, 0.25) is 10.0 Å². The number of hydrogen-bond acceptors (Lipinski definition) is 5. The summed E-state index contributed by atoms with van der Waals surface area (Å²) in [7, 11) is 0. The summed E-state index contributed by atoms with van der Waals surface area (Å²) in [6.07, 6.45) is 1.47. The van der Waals surface area contributed by atoms with E-state index < -0.39 is 24.2 Å². The number of nitrogens with one attached hydrogen (secondary N) is 1. The average Bonchev–Trinajstić information content (AvgIpc) is 3.63. The zero-order valence-corrected chi connectivity index (χ0v) is 20.4. The lowest BCUT2D eigenvalue weighted by molar-refractivity contribution is -0.139. The van der Waals surface area contributed by atoms with E-state index in [1.165, 1.54) is 0 Å². The van der Waals surface area contributed by atoms with E-state index in [9.17, 15) is 19.8 Å². The molecule has 5 rings (SSSR count). The van der Waals surface area contributed by atoms with Crippen LogP contribution in [-0.4, -0.2) is 58.3 Å². The second-order valence-electron chi connectivity index (χ2n) is 9.17. The molecule has 0 spiro atoms. The number of benzene rings is 2. The molecule has 0 aromatic heterocycles. The summed E-state index contributed by atoms with van der Waals surface area (Å²) in [5.74, 6) is -0.434. The van der Waals surface area contributed by atoms with Gasteiger partial charge in [0.1, 0.15) is 18.0 Å². The number of halogens is 2. The normalized spacial score (nSPS) is 24.6. The van der Waals surface area contributed by atoms with E-state index in [2.05, 4.69) is 5.32 Å². The molecule has 3 aliphatic rings. The minimum absolute atomic E-state index is 0.0829. The smallest absolute Gasteiger partial charge is 0.247 e. The van der Waals surface area contributed by atoms with Gasteiger partial charge in [0.2, 0.25) is 11.8 Å². The van der Waals surface area contributed by atoms with Crippen LogP contribution in [0, 0.1) is 5.92 Å². The standard InChI is InChI=1S/C26H26Cl2N2O5/c27-18-8-5-14(11-19(18)28)13-30(26(34)15-6-7-15)20-12-17(25(33)29-9-10-31)22-16-3-1-2-4-21(16)35-24(22)23(20)32/h1-5,8,11-12,15,20,22-24,31-32H,6-7,9-10,13H2,(H,29,33)/t20-,22+,23+,24+/m1/s1. The number of rotatable bonds is 7. The molecule has 0 saturated heterocycles. The average molecular weight is 517 g/mol. The van der Waals surface area contributed by atoms with Gasteiger partial charge in [0.25, 0.3) is 0 Å². The number of ether oxygens (including phenoxy) is 1. The minimum Gasteiger partial charge on any atom is -0.486 e. The molecule has 2 aromatic carbocycles. The summed E-state index contributed by atoms with van der Waals surface area (Å²) >= 11 is 12.3. The van der Waals surface area contributed by atoms with Gasteiger partial charge in [-0.05, 0) is 42.7 Å². The largest absolute Gasteiger partial charge is 0.486 e. The monoisotopic (exact) mass is 516 g/mol. The molecular formula is C26H26Cl2N2O5. The molecule has 1 fully saturated rings. The van der Waals surface area contributed by atoms with Crippen molar-refractivity contribution in [3.63, 3.8) is 0 Å². The van der Waals surface area contributed by atoms with Gasteiger partial charge in [-0.3, -0.25) is 9.59 Å². The van der Waals surface area contributed by atoms with Gasteiger partial charge in [-0.15, -0.1) is 0 Å². The van der Waals surface area contributed by atoms with Crippen LogP contribution in [0.15, 0.2) is 54.1 Å². The molecule has 7 nitrogen and oxygen atoms in total. The maximum Gasteiger partial charge on any atom is 0.247 e. The van der Waals surface area contributed by atoms with Crippen LogP contribution < -0.4 is 10.1 Å². The van der Waals surface area contributed by atoms with Crippen LogP contribution in [0.5, 0.6) is 5.75 Å². The number of carbonyl (C=O) groups excluding carboxylic acids is 2. The number of para-hydroxylation sites is 1. The van der Waals surface area contributed by atoms with Gasteiger partial charge >= 0.3 is 0 Å². The number of amides is 2. The molecule has 0 bridgehead atoms. The minimum atomic E-state index is -1.06. The fourth-order valence-corrected chi connectivity index (χ4v) is 5.24. The Bertz CT molecular complexity index is 1180. The third kappa shape index (κ3) is 4.66. The van der Waals surface area contributed by atoms with Gasteiger partial charge in [0.05, 0.1) is 28.6 Å². The van der Waals surface area contributed by atoms with Crippen molar-refractivity contribution in [3.8, 4) is 5.75 Å². The molecule has 1 heterocycles. The molecule has 1 aliphatic heterocycles. The zero-order chi connectivity index (χ0) is 24.7. The van der Waals surface area contributed by atoms with Crippen molar-refractivity contribution in [2.24, 2.45) is 5.92 Å². The molecule has 1 saturated carbocycles. The van der Waals surface area contributed by atoms with Crippen molar-refractivity contribution in [2.75, 3.05) is 13.2 Å². The second kappa shape index (κ2) is 9.82. The fourth-order valence-electron chi connectivity index (χ4n) is 4.92. The summed E-state index contributed by atoms with van der Waals surface area (Å²) in [6.45, 7) is 0.0907. The molecule has 2 aliphatic carbocycles. The van der Waals surface area contributed by atoms with Crippen molar-refractivity contribution >= 4 is 35.0 Å². The second-order valence-corrected chi connectivity index (χ2v) is 9.98. The van der Waals surface area contributed by atoms with Crippen molar-refractivity contribution in [3.05, 3.63) is 75.3 Å². The van der Waals surface area contributed by atoms with Crippen molar-refractivity contribution in [1.82, 2.24) is 10.2 Å². The van der Waals surface area contributed by atoms with Gasteiger partial charge in [-0.2, -0.15) is 0 Å². The highest BCUT2D eigenvalue weighted by Gasteiger charge is 2.51. The lowest BCUT2D eigenvalue weighted by Crippen LogP contribution is -2.55. The zero-order valence-electron chi connectivity index (χ0n) is 18.9. The highest BCUT2D eigenvalue weighted by Crippen LogP contribution is 2.47. The van der Waals surface area contributed by atoms with E-state index in [1.807, 2.05) is 18.2 Å². The van der Waals surface area contributed by atoms with Crippen LogP contribution in [0.25, 0.3) is 0 Å². The number of nitrogens with zero attached hydrogens (tertiary/aromatic N) is 1. The number of hydrogen-bond donors (Lipinski definition) is 3. The first-order valence-electron chi connectivity index (χ1n) is 11.7. The summed E-state index contributed by atoms with van der Waals surface area (Å²) in [5, 5.41) is 24.2. The molecule has 2 aromatic rings. The third-order valence-corrected chi connectivity index (χ3v) is 7.52. The van der Waals surface area contributed by atoms with E-state index in [4.69, 9.17) is 27.9 Å². The van der Waals surface area contributed by atoms with Crippen LogP contribution >= 0.6 is 23.2 Å². The van der Waals surface area contributed by atoms with E-state index in [0.717, 1.165) is 24.0 Å². The number of fused-ring (bicyclic) bond motifs is 3.